The molecule has 0 unspecified atom stereocenters. The molecule has 0 atom stereocenters. The highest BCUT2D eigenvalue weighted by molar-refractivity contribution is 4.88. The van der Waals surface area contributed by atoms with Crippen LogP contribution in [-0.4, -0.2) is 47.0 Å². The molecule has 16 heavy (non-hydrogen) atoms. The van der Waals surface area contributed by atoms with Gasteiger partial charge in [-0.3, -0.25) is 0 Å². The van der Waals surface area contributed by atoms with E-state index in [4.69, 9.17) is 0 Å². The molecule has 0 aromatic carbocycles. The molecule has 96 valence electrons. The third-order valence-corrected chi connectivity index (χ3v) is 3.62. The van der Waals surface area contributed by atoms with Crippen LogP contribution in [0.3, 0.4) is 0 Å². The second-order valence-electron chi connectivity index (χ2n) is 5.98. The minimum atomic E-state index is -0.648. The van der Waals surface area contributed by atoms with Gasteiger partial charge in [-0.05, 0) is 33.2 Å². The lowest BCUT2D eigenvalue weighted by atomic mass is 9.86. The summed E-state index contributed by atoms with van der Waals surface area (Å²) in [6.45, 7) is 8.63. The van der Waals surface area contributed by atoms with Crippen molar-refractivity contribution in [2.45, 2.75) is 52.1 Å². The number of hydrogen-bond acceptors (Lipinski definition) is 3. The van der Waals surface area contributed by atoms with Gasteiger partial charge >= 0.3 is 0 Å². The first-order chi connectivity index (χ1) is 7.41. The van der Waals surface area contributed by atoms with E-state index in [1.165, 1.54) is 12.8 Å². The Morgan fingerprint density at radius 3 is 2.19 bits per heavy atom. The van der Waals surface area contributed by atoms with Gasteiger partial charge in [0.1, 0.15) is 0 Å². The molecule has 1 aliphatic rings. The van der Waals surface area contributed by atoms with Gasteiger partial charge in [0.15, 0.2) is 0 Å². The lowest BCUT2D eigenvalue weighted by Gasteiger charge is -2.36. The van der Waals surface area contributed by atoms with E-state index in [0.29, 0.717) is 6.54 Å². The molecule has 1 aliphatic carbocycles. The Bertz CT molecular complexity index is 204. The van der Waals surface area contributed by atoms with E-state index in [9.17, 15) is 10.2 Å². The van der Waals surface area contributed by atoms with Crippen molar-refractivity contribution < 1.29 is 10.2 Å². The number of rotatable bonds is 6. The molecular weight excluding hydrogens is 202 g/mol. The lowest BCUT2D eigenvalue weighted by molar-refractivity contribution is 0.0104. The maximum atomic E-state index is 9.85. The van der Waals surface area contributed by atoms with Crippen LogP contribution in [0.2, 0.25) is 0 Å². The molecule has 0 aromatic rings. The summed E-state index contributed by atoms with van der Waals surface area (Å²) in [6, 6.07) is 0. The molecule has 0 amide bonds. The van der Waals surface area contributed by atoms with Crippen LogP contribution in [0.15, 0.2) is 0 Å². The third-order valence-electron chi connectivity index (χ3n) is 3.62. The number of aliphatic hydroxyl groups excluding tert-OH is 1. The van der Waals surface area contributed by atoms with Gasteiger partial charge in [0.2, 0.25) is 0 Å². The van der Waals surface area contributed by atoms with E-state index >= 15 is 0 Å². The fraction of sp³-hybridized carbons (Fsp3) is 1.00. The monoisotopic (exact) mass is 229 g/mol. The Balaban J connectivity index is 2.54. The first-order valence-corrected chi connectivity index (χ1v) is 6.46. The van der Waals surface area contributed by atoms with Crippen molar-refractivity contribution >= 4 is 0 Å². The van der Waals surface area contributed by atoms with Crippen LogP contribution in [0.25, 0.3) is 0 Å². The summed E-state index contributed by atoms with van der Waals surface area (Å²) in [5.41, 5.74) is -0.549. The molecule has 0 aromatic heterocycles. The molecule has 2 N–H and O–H groups in total. The van der Waals surface area contributed by atoms with Gasteiger partial charge in [0.25, 0.3) is 0 Å². The molecule has 0 spiro atoms. The number of hydrogen-bond donors (Lipinski definition) is 2. The average Bonchev–Trinajstić information content (AvgIpc) is 2.64. The van der Waals surface area contributed by atoms with Crippen molar-refractivity contribution in [3.05, 3.63) is 0 Å². The first kappa shape index (κ1) is 13.9. The minimum absolute atomic E-state index is 0.0985. The van der Waals surface area contributed by atoms with Gasteiger partial charge in [-0.2, -0.15) is 0 Å². The summed E-state index contributed by atoms with van der Waals surface area (Å²) in [5, 5.41) is 19.4. The van der Waals surface area contributed by atoms with E-state index in [1.807, 2.05) is 13.8 Å². The van der Waals surface area contributed by atoms with Gasteiger partial charge in [-0.15, -0.1) is 0 Å². The molecule has 0 aliphatic heterocycles. The van der Waals surface area contributed by atoms with Crippen molar-refractivity contribution in [1.82, 2.24) is 4.90 Å². The summed E-state index contributed by atoms with van der Waals surface area (Å²) in [5.74, 6) is 0. The lowest BCUT2D eigenvalue weighted by Crippen LogP contribution is -2.45. The van der Waals surface area contributed by atoms with Crippen molar-refractivity contribution in [2.75, 3.05) is 26.2 Å². The molecule has 3 nitrogen and oxygen atoms in total. The molecule has 0 bridgehead atoms. The summed E-state index contributed by atoms with van der Waals surface area (Å²) >= 11 is 0. The Hall–Kier alpha value is -0.120. The molecule has 1 saturated carbocycles. The van der Waals surface area contributed by atoms with Crippen molar-refractivity contribution in [3.8, 4) is 0 Å². The molecular formula is C13H27NO2. The minimum Gasteiger partial charge on any atom is -0.396 e. The average molecular weight is 229 g/mol. The standard InChI is InChI=1S/C13H27NO2/c1-4-14(9-12(2,3)16)10-13(11-15)7-5-6-8-13/h15-16H,4-11H2,1-3H3. The zero-order chi connectivity index (χ0) is 12.2. The first-order valence-electron chi connectivity index (χ1n) is 6.46. The maximum Gasteiger partial charge on any atom is 0.0718 e. The van der Waals surface area contributed by atoms with E-state index in [2.05, 4.69) is 11.8 Å². The normalized spacial score (nSPS) is 20.6. The Morgan fingerprint density at radius 1 is 1.25 bits per heavy atom. The molecule has 1 rings (SSSR count). The zero-order valence-electron chi connectivity index (χ0n) is 11.0. The van der Waals surface area contributed by atoms with Crippen LogP contribution in [0.4, 0.5) is 0 Å². The summed E-state index contributed by atoms with van der Waals surface area (Å²) < 4.78 is 0. The van der Waals surface area contributed by atoms with E-state index < -0.39 is 5.60 Å². The number of likely N-dealkylation sites (N-methyl/N-ethyl adjacent to an activating group) is 1. The Kier molecular flexibility index (Phi) is 4.77. The zero-order valence-corrected chi connectivity index (χ0v) is 11.0. The second kappa shape index (κ2) is 5.48. The van der Waals surface area contributed by atoms with Crippen LogP contribution < -0.4 is 0 Å². The van der Waals surface area contributed by atoms with Crippen LogP contribution in [0, 0.1) is 5.41 Å². The predicted octanol–water partition coefficient (Wildman–Crippen LogP) is 1.63. The highest BCUT2D eigenvalue weighted by atomic mass is 16.3. The van der Waals surface area contributed by atoms with Crippen molar-refractivity contribution in [3.63, 3.8) is 0 Å². The molecule has 0 heterocycles. The van der Waals surface area contributed by atoms with Gasteiger partial charge in [-0.25, -0.2) is 0 Å². The van der Waals surface area contributed by atoms with Crippen molar-refractivity contribution in [2.24, 2.45) is 5.41 Å². The van der Waals surface area contributed by atoms with Gasteiger partial charge in [-0.1, -0.05) is 19.8 Å². The van der Waals surface area contributed by atoms with Crippen LogP contribution in [0.1, 0.15) is 46.5 Å². The van der Waals surface area contributed by atoms with E-state index in [0.717, 1.165) is 25.9 Å². The molecule has 0 saturated heterocycles. The summed E-state index contributed by atoms with van der Waals surface area (Å²) in [7, 11) is 0. The quantitative estimate of drug-likeness (QED) is 0.727. The molecule has 1 fully saturated rings. The van der Waals surface area contributed by atoms with E-state index in [1.54, 1.807) is 0 Å². The SMILES string of the molecule is CCN(CC(C)(C)O)CC1(CO)CCCC1. The van der Waals surface area contributed by atoms with Crippen LogP contribution >= 0.6 is 0 Å². The highest BCUT2D eigenvalue weighted by Crippen LogP contribution is 2.38. The fourth-order valence-electron chi connectivity index (χ4n) is 2.79. The Morgan fingerprint density at radius 2 is 1.81 bits per heavy atom. The number of aliphatic hydroxyl groups is 2. The van der Waals surface area contributed by atoms with Gasteiger partial charge in [0.05, 0.1) is 5.60 Å². The molecule has 0 radical (unpaired) electrons. The number of nitrogens with zero attached hydrogens (tertiary/aromatic N) is 1. The van der Waals surface area contributed by atoms with Crippen LogP contribution in [-0.2, 0) is 0 Å². The second-order valence-corrected chi connectivity index (χ2v) is 5.98. The highest BCUT2D eigenvalue weighted by Gasteiger charge is 2.35. The van der Waals surface area contributed by atoms with Gasteiger partial charge in [0, 0.05) is 25.1 Å². The van der Waals surface area contributed by atoms with E-state index in [-0.39, 0.29) is 12.0 Å². The summed E-state index contributed by atoms with van der Waals surface area (Å²) in [6.07, 6.45) is 4.74. The van der Waals surface area contributed by atoms with Crippen molar-refractivity contribution in [1.29, 1.82) is 0 Å². The van der Waals surface area contributed by atoms with Gasteiger partial charge < -0.3 is 15.1 Å². The predicted molar refractivity (Wildman–Crippen MR) is 66.4 cm³/mol. The Labute approximate surface area is 99.5 Å². The largest absolute Gasteiger partial charge is 0.396 e. The fourth-order valence-corrected chi connectivity index (χ4v) is 2.79. The van der Waals surface area contributed by atoms with Crippen LogP contribution in [0.5, 0.6) is 0 Å². The topological polar surface area (TPSA) is 43.7 Å². The smallest absolute Gasteiger partial charge is 0.0718 e. The maximum absolute atomic E-state index is 9.85. The third kappa shape index (κ3) is 4.04. The summed E-state index contributed by atoms with van der Waals surface area (Å²) in [4.78, 5) is 2.27. The molecule has 3 heteroatoms.